The largest absolute Gasteiger partial charge is 0.399 e. The molecule has 0 saturated heterocycles. The molecule has 15 heavy (non-hydrogen) atoms. The summed E-state index contributed by atoms with van der Waals surface area (Å²) in [5.41, 5.74) is 8.71. The van der Waals surface area contributed by atoms with Crippen molar-refractivity contribution < 1.29 is 0 Å². The highest BCUT2D eigenvalue weighted by Gasteiger charge is 2.19. The van der Waals surface area contributed by atoms with Crippen LogP contribution < -0.4 is 5.73 Å². The van der Waals surface area contributed by atoms with Gasteiger partial charge in [-0.1, -0.05) is 6.92 Å². The Morgan fingerprint density at radius 3 is 2.80 bits per heavy atom. The highest BCUT2D eigenvalue weighted by Crippen LogP contribution is 2.25. The first-order chi connectivity index (χ1) is 7.04. The average molecular weight is 203 g/mol. The number of aromatic nitrogens is 2. The Hall–Kier alpha value is -1.51. The van der Waals surface area contributed by atoms with Crippen LogP contribution in [0.5, 0.6) is 0 Å². The van der Waals surface area contributed by atoms with Crippen LogP contribution in [0.15, 0.2) is 24.5 Å². The Kier molecular flexibility index (Phi) is 2.18. The first-order valence-corrected chi connectivity index (χ1v) is 5.27. The van der Waals surface area contributed by atoms with E-state index in [1.54, 1.807) is 0 Å². The maximum absolute atomic E-state index is 5.73. The van der Waals surface area contributed by atoms with E-state index >= 15 is 0 Å². The van der Waals surface area contributed by atoms with Gasteiger partial charge in [0, 0.05) is 11.2 Å². The third-order valence-corrected chi connectivity index (χ3v) is 3.09. The lowest BCUT2D eigenvalue weighted by atomic mass is 10.0. The van der Waals surface area contributed by atoms with Gasteiger partial charge in [0.15, 0.2) is 0 Å². The summed E-state index contributed by atoms with van der Waals surface area (Å²) in [4.78, 5) is 4.38. The van der Waals surface area contributed by atoms with Gasteiger partial charge in [-0.3, -0.25) is 0 Å². The molecule has 0 atom stereocenters. The molecule has 0 bridgehead atoms. The fraction of sp³-hybridized carbons (Fsp3) is 0.417. The molecular weight excluding hydrogens is 186 g/mol. The summed E-state index contributed by atoms with van der Waals surface area (Å²) in [6.07, 6.45) is 2.97. The maximum atomic E-state index is 5.73. The molecule has 1 aromatic carbocycles. The topological polar surface area (TPSA) is 43.8 Å². The van der Waals surface area contributed by atoms with E-state index in [1.807, 2.05) is 24.5 Å². The molecule has 2 N–H and O–H groups in total. The van der Waals surface area contributed by atoms with Gasteiger partial charge in [0.2, 0.25) is 0 Å². The number of hydrogen-bond donors (Lipinski definition) is 1. The van der Waals surface area contributed by atoms with Crippen molar-refractivity contribution in [1.29, 1.82) is 0 Å². The number of benzene rings is 1. The zero-order valence-electron chi connectivity index (χ0n) is 9.49. The number of nitrogens with two attached hydrogens (primary N) is 1. The standard InChI is InChI=1S/C12H17N3/c1-4-12(2,3)15-8-14-10-7-9(13)5-6-11(10)15/h5-8H,4,13H2,1-3H3. The van der Waals surface area contributed by atoms with E-state index in [4.69, 9.17) is 5.73 Å². The third-order valence-electron chi connectivity index (χ3n) is 3.09. The molecule has 0 aliphatic heterocycles. The van der Waals surface area contributed by atoms with Gasteiger partial charge in [-0.05, 0) is 38.5 Å². The highest BCUT2D eigenvalue weighted by atomic mass is 15.1. The van der Waals surface area contributed by atoms with Gasteiger partial charge in [0.05, 0.1) is 17.4 Å². The fourth-order valence-electron chi connectivity index (χ4n) is 1.68. The van der Waals surface area contributed by atoms with Crippen molar-refractivity contribution in [2.75, 3.05) is 5.73 Å². The van der Waals surface area contributed by atoms with Crippen LogP contribution in [0.4, 0.5) is 5.69 Å². The number of nitrogens with zero attached hydrogens (tertiary/aromatic N) is 2. The normalized spacial score (nSPS) is 12.2. The van der Waals surface area contributed by atoms with Crippen molar-refractivity contribution in [1.82, 2.24) is 9.55 Å². The lowest BCUT2D eigenvalue weighted by Gasteiger charge is -2.25. The molecule has 0 aliphatic rings. The van der Waals surface area contributed by atoms with Crippen LogP contribution in [0, 0.1) is 0 Å². The summed E-state index contributed by atoms with van der Waals surface area (Å²) < 4.78 is 2.21. The zero-order valence-corrected chi connectivity index (χ0v) is 9.49. The lowest BCUT2D eigenvalue weighted by molar-refractivity contribution is 0.352. The van der Waals surface area contributed by atoms with Crippen LogP contribution in [0.3, 0.4) is 0 Å². The molecule has 0 saturated carbocycles. The Labute approximate surface area is 89.9 Å². The second kappa shape index (κ2) is 3.26. The minimum atomic E-state index is 0.102. The molecule has 2 aromatic rings. The predicted octanol–water partition coefficient (Wildman–Crippen LogP) is 2.76. The van der Waals surface area contributed by atoms with Gasteiger partial charge in [-0.25, -0.2) is 4.98 Å². The van der Waals surface area contributed by atoms with Crippen LogP contribution in [-0.2, 0) is 5.54 Å². The van der Waals surface area contributed by atoms with Crippen LogP contribution >= 0.6 is 0 Å². The number of anilines is 1. The number of nitrogen functional groups attached to an aromatic ring is 1. The molecule has 0 spiro atoms. The van der Waals surface area contributed by atoms with Crippen molar-refractivity contribution in [3.8, 4) is 0 Å². The summed E-state index contributed by atoms with van der Waals surface area (Å²) in [6.45, 7) is 6.61. The summed E-state index contributed by atoms with van der Waals surface area (Å²) in [6, 6.07) is 5.87. The van der Waals surface area contributed by atoms with Crippen molar-refractivity contribution in [2.45, 2.75) is 32.7 Å². The smallest absolute Gasteiger partial charge is 0.0963 e. The van der Waals surface area contributed by atoms with E-state index in [0.29, 0.717) is 0 Å². The quantitative estimate of drug-likeness (QED) is 0.763. The molecule has 1 heterocycles. The number of imidazole rings is 1. The minimum Gasteiger partial charge on any atom is -0.399 e. The number of rotatable bonds is 2. The summed E-state index contributed by atoms with van der Waals surface area (Å²) in [5, 5.41) is 0. The molecule has 2 rings (SSSR count). The van der Waals surface area contributed by atoms with E-state index in [1.165, 1.54) is 0 Å². The SMILES string of the molecule is CCC(C)(C)n1cnc2cc(N)ccc21. The average Bonchev–Trinajstić information content (AvgIpc) is 2.61. The molecule has 3 nitrogen and oxygen atoms in total. The summed E-state index contributed by atoms with van der Waals surface area (Å²) >= 11 is 0. The number of fused-ring (bicyclic) bond motifs is 1. The van der Waals surface area contributed by atoms with Gasteiger partial charge in [-0.15, -0.1) is 0 Å². The van der Waals surface area contributed by atoms with Gasteiger partial charge in [-0.2, -0.15) is 0 Å². The van der Waals surface area contributed by atoms with E-state index in [0.717, 1.165) is 23.1 Å². The first kappa shape index (κ1) is 10.0. The van der Waals surface area contributed by atoms with Crippen LogP contribution in [-0.4, -0.2) is 9.55 Å². The van der Waals surface area contributed by atoms with E-state index in [-0.39, 0.29) is 5.54 Å². The molecule has 80 valence electrons. The highest BCUT2D eigenvalue weighted by molar-refractivity contribution is 5.79. The van der Waals surface area contributed by atoms with Crippen molar-refractivity contribution >= 4 is 16.7 Å². The predicted molar refractivity (Wildman–Crippen MR) is 63.8 cm³/mol. The van der Waals surface area contributed by atoms with E-state index in [2.05, 4.69) is 30.3 Å². The molecular formula is C12H17N3. The molecule has 0 radical (unpaired) electrons. The molecule has 0 unspecified atom stereocenters. The second-order valence-corrected chi connectivity index (χ2v) is 4.53. The summed E-state index contributed by atoms with van der Waals surface area (Å²) in [5.74, 6) is 0. The molecule has 0 amide bonds. The lowest BCUT2D eigenvalue weighted by Crippen LogP contribution is -2.24. The molecule has 1 aromatic heterocycles. The van der Waals surface area contributed by atoms with Crippen molar-refractivity contribution in [3.05, 3.63) is 24.5 Å². The Bertz CT molecular complexity index is 483. The molecule has 0 aliphatic carbocycles. The Balaban J connectivity index is 2.64. The van der Waals surface area contributed by atoms with E-state index in [9.17, 15) is 0 Å². The summed E-state index contributed by atoms with van der Waals surface area (Å²) in [7, 11) is 0. The van der Waals surface area contributed by atoms with Gasteiger partial charge < -0.3 is 10.3 Å². The van der Waals surface area contributed by atoms with Gasteiger partial charge >= 0.3 is 0 Å². The third kappa shape index (κ3) is 1.58. The first-order valence-electron chi connectivity index (χ1n) is 5.27. The van der Waals surface area contributed by atoms with Crippen LogP contribution in [0.1, 0.15) is 27.2 Å². The zero-order chi connectivity index (χ0) is 11.1. The van der Waals surface area contributed by atoms with Gasteiger partial charge in [0.1, 0.15) is 0 Å². The Morgan fingerprint density at radius 2 is 2.13 bits per heavy atom. The van der Waals surface area contributed by atoms with Crippen LogP contribution in [0.25, 0.3) is 11.0 Å². The fourth-order valence-corrected chi connectivity index (χ4v) is 1.68. The number of hydrogen-bond acceptors (Lipinski definition) is 2. The van der Waals surface area contributed by atoms with E-state index < -0.39 is 0 Å². The van der Waals surface area contributed by atoms with Crippen molar-refractivity contribution in [3.63, 3.8) is 0 Å². The monoisotopic (exact) mass is 203 g/mol. The molecule has 0 fully saturated rings. The molecule has 3 heteroatoms. The maximum Gasteiger partial charge on any atom is 0.0963 e. The van der Waals surface area contributed by atoms with Crippen LogP contribution in [0.2, 0.25) is 0 Å². The van der Waals surface area contributed by atoms with Crippen molar-refractivity contribution in [2.24, 2.45) is 0 Å². The Morgan fingerprint density at radius 1 is 1.40 bits per heavy atom. The second-order valence-electron chi connectivity index (χ2n) is 4.53. The van der Waals surface area contributed by atoms with Gasteiger partial charge in [0.25, 0.3) is 0 Å². The minimum absolute atomic E-state index is 0.102.